The Morgan fingerprint density at radius 1 is 0.615 bits per heavy atom. The zero-order chi connectivity index (χ0) is 18.5. The van der Waals surface area contributed by atoms with Gasteiger partial charge in [0.05, 0.1) is 0 Å². The van der Waals surface area contributed by atoms with Gasteiger partial charge in [0.2, 0.25) is 0 Å². The fraction of sp³-hybridized carbons (Fsp3) is 0. The molecule has 0 spiro atoms. The van der Waals surface area contributed by atoms with Crippen molar-refractivity contribution >= 4 is 34.6 Å². The molecule has 0 aliphatic carbocycles. The Labute approximate surface area is 150 Å². The van der Waals surface area contributed by atoms with Gasteiger partial charge < -0.3 is 22.1 Å². The molecule has 3 aromatic rings. The Hall–Kier alpha value is -3.80. The van der Waals surface area contributed by atoms with Crippen LogP contribution >= 0.6 is 0 Å². The molecule has 6 heteroatoms. The zero-order valence-corrected chi connectivity index (χ0v) is 13.9. The van der Waals surface area contributed by atoms with E-state index >= 15 is 0 Å². The van der Waals surface area contributed by atoms with Crippen molar-refractivity contribution in [1.29, 1.82) is 0 Å². The second-order valence-electron chi connectivity index (χ2n) is 5.74. The van der Waals surface area contributed by atoms with Gasteiger partial charge in [0.1, 0.15) is 0 Å². The second-order valence-corrected chi connectivity index (χ2v) is 5.74. The van der Waals surface area contributed by atoms with Crippen LogP contribution in [0.4, 0.5) is 22.7 Å². The molecule has 0 atom stereocenters. The summed E-state index contributed by atoms with van der Waals surface area (Å²) in [6.07, 6.45) is 0. The van der Waals surface area contributed by atoms with Crippen LogP contribution in [0, 0.1) is 0 Å². The summed E-state index contributed by atoms with van der Waals surface area (Å²) < 4.78 is 0. The number of benzene rings is 3. The minimum atomic E-state index is -0.256. The molecule has 2 amide bonds. The lowest BCUT2D eigenvalue weighted by Gasteiger charge is -2.09. The van der Waals surface area contributed by atoms with Gasteiger partial charge in [-0.05, 0) is 60.7 Å². The molecule has 130 valence electrons. The largest absolute Gasteiger partial charge is 0.399 e. The molecule has 3 aromatic carbocycles. The number of anilines is 4. The average molecular weight is 346 g/mol. The van der Waals surface area contributed by atoms with Gasteiger partial charge in [-0.2, -0.15) is 0 Å². The molecule has 0 saturated heterocycles. The van der Waals surface area contributed by atoms with Crippen molar-refractivity contribution in [1.82, 2.24) is 0 Å². The van der Waals surface area contributed by atoms with Crippen molar-refractivity contribution in [2.75, 3.05) is 22.1 Å². The van der Waals surface area contributed by atoms with E-state index in [1.807, 2.05) is 0 Å². The van der Waals surface area contributed by atoms with Crippen molar-refractivity contribution in [3.63, 3.8) is 0 Å². The van der Waals surface area contributed by atoms with Crippen LogP contribution in [0.2, 0.25) is 0 Å². The normalized spacial score (nSPS) is 10.2. The van der Waals surface area contributed by atoms with E-state index in [-0.39, 0.29) is 11.8 Å². The number of nitrogens with one attached hydrogen (secondary N) is 2. The lowest BCUT2D eigenvalue weighted by atomic mass is 10.1. The molecule has 6 nitrogen and oxygen atoms in total. The zero-order valence-electron chi connectivity index (χ0n) is 13.9. The van der Waals surface area contributed by atoms with Gasteiger partial charge in [0, 0.05) is 33.9 Å². The quantitative estimate of drug-likeness (QED) is 0.543. The standard InChI is InChI=1S/C20H18N4O2/c21-15-5-1-3-13(11-15)19(25)23-17-7-9-18(10-8-17)24-20(26)14-4-2-6-16(22)12-14/h1-12H,21-22H2,(H,23,25)(H,24,26). The Bertz CT molecular complexity index is 874. The molecule has 0 aliphatic rings. The van der Waals surface area contributed by atoms with Gasteiger partial charge in [-0.3, -0.25) is 9.59 Å². The number of carbonyl (C=O) groups excluding carboxylic acids is 2. The SMILES string of the molecule is Nc1cccc(C(=O)Nc2ccc(NC(=O)c3cccc(N)c3)cc2)c1. The lowest BCUT2D eigenvalue weighted by molar-refractivity contribution is 0.101. The highest BCUT2D eigenvalue weighted by atomic mass is 16.2. The predicted molar refractivity (Wildman–Crippen MR) is 104 cm³/mol. The van der Waals surface area contributed by atoms with E-state index in [1.54, 1.807) is 72.8 Å². The van der Waals surface area contributed by atoms with E-state index in [9.17, 15) is 9.59 Å². The van der Waals surface area contributed by atoms with Gasteiger partial charge >= 0.3 is 0 Å². The Morgan fingerprint density at radius 3 is 1.35 bits per heavy atom. The van der Waals surface area contributed by atoms with Crippen LogP contribution in [0.15, 0.2) is 72.8 Å². The molecule has 0 heterocycles. The Kier molecular flexibility index (Phi) is 4.85. The van der Waals surface area contributed by atoms with Gasteiger partial charge in [-0.25, -0.2) is 0 Å². The molecule has 6 N–H and O–H groups in total. The first-order valence-electron chi connectivity index (χ1n) is 7.95. The maximum absolute atomic E-state index is 12.2. The van der Waals surface area contributed by atoms with Crippen molar-refractivity contribution in [2.45, 2.75) is 0 Å². The minimum Gasteiger partial charge on any atom is -0.399 e. The average Bonchev–Trinajstić information content (AvgIpc) is 2.63. The summed E-state index contributed by atoms with van der Waals surface area (Å²) in [6.45, 7) is 0. The third-order valence-electron chi connectivity index (χ3n) is 3.70. The predicted octanol–water partition coefficient (Wildman–Crippen LogP) is 3.36. The van der Waals surface area contributed by atoms with Crippen LogP contribution in [0.1, 0.15) is 20.7 Å². The number of amides is 2. The van der Waals surface area contributed by atoms with E-state index in [1.165, 1.54) is 0 Å². The molecule has 0 saturated carbocycles. The number of rotatable bonds is 4. The minimum absolute atomic E-state index is 0.256. The number of nitrogen functional groups attached to an aromatic ring is 2. The third-order valence-corrected chi connectivity index (χ3v) is 3.70. The second kappa shape index (κ2) is 7.40. The summed E-state index contributed by atoms with van der Waals surface area (Å²) in [5.41, 5.74) is 14.6. The first-order chi connectivity index (χ1) is 12.5. The van der Waals surface area contributed by atoms with E-state index < -0.39 is 0 Å². The maximum Gasteiger partial charge on any atom is 0.255 e. The molecule has 0 aromatic heterocycles. The smallest absolute Gasteiger partial charge is 0.255 e. The Morgan fingerprint density at radius 2 is 1.00 bits per heavy atom. The highest BCUT2D eigenvalue weighted by Crippen LogP contribution is 2.17. The van der Waals surface area contributed by atoms with Gasteiger partial charge in [-0.15, -0.1) is 0 Å². The first kappa shape index (κ1) is 17.0. The monoisotopic (exact) mass is 346 g/mol. The van der Waals surface area contributed by atoms with E-state index in [4.69, 9.17) is 11.5 Å². The van der Waals surface area contributed by atoms with Crippen LogP contribution in [-0.2, 0) is 0 Å². The molecular formula is C20H18N4O2. The molecule has 0 fully saturated rings. The molecular weight excluding hydrogens is 328 g/mol. The molecule has 0 unspecified atom stereocenters. The fourth-order valence-corrected chi connectivity index (χ4v) is 2.40. The van der Waals surface area contributed by atoms with Crippen molar-refractivity contribution in [3.05, 3.63) is 83.9 Å². The van der Waals surface area contributed by atoms with Crippen LogP contribution < -0.4 is 22.1 Å². The summed E-state index contributed by atoms with van der Waals surface area (Å²) in [5.74, 6) is -0.511. The Balaban J connectivity index is 1.65. The van der Waals surface area contributed by atoms with Crippen LogP contribution in [0.3, 0.4) is 0 Å². The summed E-state index contributed by atoms with van der Waals surface area (Å²) in [7, 11) is 0. The molecule has 0 aliphatic heterocycles. The van der Waals surface area contributed by atoms with Crippen LogP contribution in [0.5, 0.6) is 0 Å². The third kappa shape index (κ3) is 4.18. The van der Waals surface area contributed by atoms with Crippen LogP contribution in [-0.4, -0.2) is 11.8 Å². The molecule has 3 rings (SSSR count). The molecule has 0 bridgehead atoms. The summed E-state index contributed by atoms with van der Waals surface area (Å²) in [4.78, 5) is 24.4. The number of hydrogen-bond donors (Lipinski definition) is 4. The summed E-state index contributed by atoms with van der Waals surface area (Å²) in [5, 5.41) is 5.56. The number of carbonyl (C=O) groups is 2. The van der Waals surface area contributed by atoms with Crippen molar-refractivity contribution in [3.8, 4) is 0 Å². The van der Waals surface area contributed by atoms with Crippen molar-refractivity contribution in [2.24, 2.45) is 0 Å². The summed E-state index contributed by atoms with van der Waals surface area (Å²) in [6, 6.07) is 20.3. The molecule has 26 heavy (non-hydrogen) atoms. The van der Waals surface area contributed by atoms with Crippen molar-refractivity contribution < 1.29 is 9.59 Å². The highest BCUT2D eigenvalue weighted by molar-refractivity contribution is 6.06. The molecule has 0 radical (unpaired) electrons. The summed E-state index contributed by atoms with van der Waals surface area (Å²) >= 11 is 0. The van der Waals surface area contributed by atoms with E-state index in [0.717, 1.165) is 0 Å². The highest BCUT2D eigenvalue weighted by Gasteiger charge is 2.08. The van der Waals surface area contributed by atoms with E-state index in [2.05, 4.69) is 10.6 Å². The number of nitrogens with two attached hydrogens (primary N) is 2. The topological polar surface area (TPSA) is 110 Å². The van der Waals surface area contributed by atoms with Gasteiger partial charge in [0.25, 0.3) is 11.8 Å². The lowest BCUT2D eigenvalue weighted by Crippen LogP contribution is -2.13. The number of hydrogen-bond acceptors (Lipinski definition) is 4. The van der Waals surface area contributed by atoms with Gasteiger partial charge in [0.15, 0.2) is 0 Å². The van der Waals surface area contributed by atoms with E-state index in [0.29, 0.717) is 33.9 Å². The van der Waals surface area contributed by atoms with Gasteiger partial charge in [-0.1, -0.05) is 12.1 Å². The maximum atomic E-state index is 12.2. The fourth-order valence-electron chi connectivity index (χ4n) is 2.40. The first-order valence-corrected chi connectivity index (χ1v) is 7.95. The van der Waals surface area contributed by atoms with Crippen LogP contribution in [0.25, 0.3) is 0 Å².